The van der Waals surface area contributed by atoms with Gasteiger partial charge < -0.3 is 10.2 Å². The second kappa shape index (κ2) is 13.2. The van der Waals surface area contributed by atoms with Crippen molar-refractivity contribution in [2.45, 2.75) is 50.7 Å². The van der Waals surface area contributed by atoms with Crippen LogP contribution in [0, 0.1) is 15.9 Å². The lowest BCUT2D eigenvalue weighted by atomic mass is 10.1. The van der Waals surface area contributed by atoms with E-state index in [9.17, 15) is 32.5 Å². The van der Waals surface area contributed by atoms with Crippen LogP contribution in [0.25, 0.3) is 0 Å². The molecule has 0 fully saturated rings. The van der Waals surface area contributed by atoms with Crippen molar-refractivity contribution < 1.29 is 27.3 Å². The van der Waals surface area contributed by atoms with Crippen LogP contribution in [0.4, 0.5) is 15.8 Å². The van der Waals surface area contributed by atoms with Crippen molar-refractivity contribution in [2.75, 3.05) is 10.8 Å². The first-order chi connectivity index (χ1) is 18.9. The van der Waals surface area contributed by atoms with E-state index < -0.39 is 45.2 Å². The Hall–Kier alpha value is -4.32. The molecule has 10 nitrogen and oxygen atoms in total. The van der Waals surface area contributed by atoms with E-state index >= 15 is 0 Å². The van der Waals surface area contributed by atoms with Crippen LogP contribution in [0.2, 0.25) is 0 Å². The smallest absolute Gasteiger partial charge is 0.271 e. The lowest BCUT2D eigenvalue weighted by Gasteiger charge is -2.32. The van der Waals surface area contributed by atoms with Gasteiger partial charge in [0.1, 0.15) is 18.4 Å². The maximum Gasteiger partial charge on any atom is 0.271 e. The molecule has 2 amide bonds. The summed E-state index contributed by atoms with van der Waals surface area (Å²) in [6.07, 6.45) is 0.635. The van der Waals surface area contributed by atoms with E-state index in [2.05, 4.69) is 5.32 Å². The minimum atomic E-state index is -4.39. The average molecular weight is 571 g/mol. The van der Waals surface area contributed by atoms with E-state index in [0.717, 1.165) is 15.3 Å². The molecule has 0 saturated heterocycles. The maximum atomic E-state index is 14.6. The summed E-state index contributed by atoms with van der Waals surface area (Å²) in [6.45, 7) is 4.04. The first-order valence-corrected chi connectivity index (χ1v) is 14.0. The van der Waals surface area contributed by atoms with Crippen molar-refractivity contribution >= 4 is 33.2 Å². The number of carbonyl (C=O) groups excluding carboxylic acids is 2. The number of halogens is 1. The number of nitrogens with one attached hydrogen (secondary N) is 1. The van der Waals surface area contributed by atoms with Crippen LogP contribution in [-0.2, 0) is 26.2 Å². The summed E-state index contributed by atoms with van der Waals surface area (Å²) >= 11 is 0. The number of benzene rings is 3. The van der Waals surface area contributed by atoms with Crippen LogP contribution in [0.5, 0.6) is 0 Å². The molecule has 0 bridgehead atoms. The molecule has 3 aromatic carbocycles. The predicted octanol–water partition coefficient (Wildman–Crippen LogP) is 4.26. The maximum absolute atomic E-state index is 14.6. The molecular formula is C28H31FN4O6S. The van der Waals surface area contributed by atoms with E-state index in [1.54, 1.807) is 19.1 Å². The second-order valence-electron chi connectivity index (χ2n) is 9.21. The van der Waals surface area contributed by atoms with Crippen molar-refractivity contribution in [3.05, 3.63) is 100 Å². The lowest BCUT2D eigenvalue weighted by molar-refractivity contribution is -0.384. The van der Waals surface area contributed by atoms with Gasteiger partial charge in [-0.1, -0.05) is 49.4 Å². The number of rotatable bonds is 12. The molecule has 40 heavy (non-hydrogen) atoms. The second-order valence-corrected chi connectivity index (χ2v) is 11.1. The molecule has 3 aromatic rings. The van der Waals surface area contributed by atoms with Gasteiger partial charge in [-0.15, -0.1) is 0 Å². The molecule has 0 aliphatic heterocycles. The van der Waals surface area contributed by atoms with Crippen molar-refractivity contribution in [1.29, 1.82) is 0 Å². The highest BCUT2D eigenvalue weighted by Gasteiger charge is 2.33. The topological polar surface area (TPSA) is 130 Å². The summed E-state index contributed by atoms with van der Waals surface area (Å²) < 4.78 is 42.8. The molecule has 0 aliphatic carbocycles. The van der Waals surface area contributed by atoms with E-state index in [4.69, 9.17) is 0 Å². The average Bonchev–Trinajstić information content (AvgIpc) is 2.95. The number of sulfonamides is 1. The summed E-state index contributed by atoms with van der Waals surface area (Å²) in [5.41, 5.74) is -0.358. The summed E-state index contributed by atoms with van der Waals surface area (Å²) in [5, 5.41) is 14.2. The van der Waals surface area contributed by atoms with Gasteiger partial charge in [-0.2, -0.15) is 0 Å². The van der Waals surface area contributed by atoms with Gasteiger partial charge in [-0.3, -0.25) is 24.0 Å². The molecule has 0 spiro atoms. The standard InChI is InChI=1S/C28H31FN4O6S/c1-4-20(2)30-28(35)21(3)31(18-22-11-8-9-16-26(22)29)27(34)19-32(23-12-10-13-24(17-23)33(36)37)40(38,39)25-14-6-5-7-15-25/h5-17,20-21H,4,18-19H2,1-3H3,(H,30,35)/t20-,21+/m1/s1. The Bertz CT molecular complexity index is 1470. The zero-order valence-electron chi connectivity index (χ0n) is 22.4. The van der Waals surface area contributed by atoms with E-state index in [1.165, 1.54) is 67.6 Å². The predicted molar refractivity (Wildman–Crippen MR) is 148 cm³/mol. The molecule has 0 radical (unpaired) electrons. The molecule has 0 aliphatic rings. The zero-order chi connectivity index (χ0) is 29.4. The molecule has 12 heteroatoms. The monoisotopic (exact) mass is 570 g/mol. The number of nitro groups is 1. The first kappa shape index (κ1) is 30.2. The first-order valence-electron chi connectivity index (χ1n) is 12.6. The Morgan fingerprint density at radius 1 is 1.00 bits per heavy atom. The molecule has 0 heterocycles. The van der Waals surface area contributed by atoms with Crippen LogP contribution in [0.3, 0.4) is 0 Å². The molecular weight excluding hydrogens is 539 g/mol. The number of anilines is 1. The van der Waals surface area contributed by atoms with Gasteiger partial charge in [0.2, 0.25) is 11.8 Å². The third-order valence-electron chi connectivity index (χ3n) is 6.41. The Morgan fingerprint density at radius 2 is 1.65 bits per heavy atom. The summed E-state index contributed by atoms with van der Waals surface area (Å²) in [7, 11) is -4.39. The van der Waals surface area contributed by atoms with Gasteiger partial charge in [0, 0.05) is 30.3 Å². The molecule has 3 rings (SSSR count). The number of amides is 2. The highest BCUT2D eigenvalue weighted by atomic mass is 32.2. The third-order valence-corrected chi connectivity index (χ3v) is 8.19. The zero-order valence-corrected chi connectivity index (χ0v) is 23.2. The van der Waals surface area contributed by atoms with Gasteiger partial charge >= 0.3 is 0 Å². The van der Waals surface area contributed by atoms with E-state index in [0.29, 0.717) is 6.42 Å². The Balaban J connectivity index is 2.07. The van der Waals surface area contributed by atoms with Gasteiger partial charge in [0.25, 0.3) is 15.7 Å². The largest absolute Gasteiger partial charge is 0.352 e. The lowest BCUT2D eigenvalue weighted by Crippen LogP contribution is -2.52. The number of carbonyl (C=O) groups is 2. The molecule has 0 unspecified atom stereocenters. The number of non-ortho nitro benzene ring substituents is 1. The normalized spacial score (nSPS) is 12.7. The number of nitro benzene ring substituents is 1. The molecule has 212 valence electrons. The van der Waals surface area contributed by atoms with Crippen LogP contribution in [0.1, 0.15) is 32.8 Å². The van der Waals surface area contributed by atoms with Crippen LogP contribution >= 0.6 is 0 Å². The SMILES string of the molecule is CC[C@@H](C)NC(=O)[C@H](C)N(Cc1ccccc1F)C(=O)CN(c1cccc([N+](=O)[O-])c1)S(=O)(=O)c1ccccc1. The highest BCUT2D eigenvalue weighted by molar-refractivity contribution is 7.92. The van der Waals surface area contributed by atoms with Gasteiger partial charge in [0.15, 0.2) is 0 Å². The quantitative estimate of drug-likeness (QED) is 0.256. The number of nitrogens with zero attached hydrogens (tertiary/aromatic N) is 3. The summed E-state index contributed by atoms with van der Waals surface area (Å²) in [5.74, 6) is -1.89. The van der Waals surface area contributed by atoms with Crippen LogP contribution in [-0.4, -0.2) is 48.7 Å². The molecule has 0 aromatic heterocycles. The van der Waals surface area contributed by atoms with Crippen molar-refractivity contribution in [2.24, 2.45) is 0 Å². The van der Waals surface area contributed by atoms with Crippen LogP contribution < -0.4 is 9.62 Å². The van der Waals surface area contributed by atoms with Crippen molar-refractivity contribution in [3.8, 4) is 0 Å². The fourth-order valence-corrected chi connectivity index (χ4v) is 5.30. The van der Waals surface area contributed by atoms with E-state index in [1.807, 2.05) is 6.92 Å². The summed E-state index contributed by atoms with van der Waals surface area (Å²) in [6, 6.07) is 16.7. The van der Waals surface area contributed by atoms with Gasteiger partial charge in [-0.05, 0) is 44.5 Å². The summed E-state index contributed by atoms with van der Waals surface area (Å²) in [4.78, 5) is 38.5. The van der Waals surface area contributed by atoms with Crippen molar-refractivity contribution in [3.63, 3.8) is 0 Å². The Kier molecular flexibility index (Phi) is 9.94. The van der Waals surface area contributed by atoms with Crippen LogP contribution in [0.15, 0.2) is 83.8 Å². The van der Waals surface area contributed by atoms with Crippen molar-refractivity contribution in [1.82, 2.24) is 10.2 Å². The number of hydrogen-bond acceptors (Lipinski definition) is 6. The fraction of sp³-hybridized carbons (Fsp3) is 0.286. The van der Waals surface area contributed by atoms with Gasteiger partial charge in [-0.25, -0.2) is 12.8 Å². The minimum absolute atomic E-state index is 0.117. The molecule has 0 saturated carbocycles. The highest BCUT2D eigenvalue weighted by Crippen LogP contribution is 2.27. The number of hydrogen-bond donors (Lipinski definition) is 1. The van der Waals surface area contributed by atoms with E-state index in [-0.39, 0.29) is 34.4 Å². The third kappa shape index (κ3) is 7.20. The molecule has 2 atom stereocenters. The van der Waals surface area contributed by atoms with Gasteiger partial charge in [0.05, 0.1) is 15.5 Å². The molecule has 1 N–H and O–H groups in total. The Labute approximate surface area is 232 Å². The Morgan fingerprint density at radius 3 is 2.27 bits per heavy atom. The minimum Gasteiger partial charge on any atom is -0.352 e. The fourth-order valence-electron chi connectivity index (χ4n) is 3.87.